The van der Waals surface area contributed by atoms with Gasteiger partial charge in [0.1, 0.15) is 11.6 Å². The van der Waals surface area contributed by atoms with Crippen LogP contribution in [0.3, 0.4) is 0 Å². The molecule has 0 heterocycles. The predicted octanol–water partition coefficient (Wildman–Crippen LogP) is 8.00. The number of carbonyl (C=O) groups excluding carboxylic acids is 5. The highest BCUT2D eigenvalue weighted by Crippen LogP contribution is 2.30. The largest absolute Gasteiger partial charge is 0.437 e. The smallest absolute Gasteiger partial charge is 0.311 e. The summed E-state index contributed by atoms with van der Waals surface area (Å²) in [5, 5.41) is 12.5. The van der Waals surface area contributed by atoms with Gasteiger partial charge in [0.05, 0.1) is 0 Å². The Morgan fingerprint density at radius 1 is 0.361 bits per heavy atom. The second-order valence-corrected chi connectivity index (χ2v) is 49.2. The molecule has 502 valence electrons. The van der Waals surface area contributed by atoms with Crippen LogP contribution in [0.2, 0.25) is 103 Å². The van der Waals surface area contributed by atoms with E-state index in [0.29, 0.717) is 77.9 Å². The molecule has 0 rings (SSSR count). The monoisotopic (exact) mass is 1290 g/mol. The van der Waals surface area contributed by atoms with Crippen LogP contribution in [0.4, 0.5) is 4.79 Å². The number of Topliss-reactive ketones (excluding diaryl/α,β-unsaturated/α-hetero) is 2. The van der Waals surface area contributed by atoms with Gasteiger partial charge < -0.3 is 83.6 Å². The molecule has 0 fully saturated rings. The first-order valence-corrected chi connectivity index (χ1v) is 47.9. The molecule has 0 radical (unpaired) electrons. The van der Waals surface area contributed by atoms with Crippen LogP contribution in [-0.2, 0) is 35.6 Å². The van der Waals surface area contributed by atoms with E-state index in [-0.39, 0.29) is 77.8 Å². The van der Waals surface area contributed by atoms with Crippen molar-refractivity contribution >= 4 is 79.8 Å². The van der Waals surface area contributed by atoms with E-state index in [1.807, 2.05) is 0 Å². The number of rotatable bonds is 49. The standard InChI is InChI=1S/C39H86N8O6Si3.C12H34N2O2Si3.CH4N2O.4CH4/c1-54(2,30-15-16-34(36(48)17-13-24-44-28-22-42)32-38(50)46-26-11-7-9-20-40)52-56(5,6)53-55(3,4)31-19-35(37(49)18-14-25-45-29-23-43)33-39(51)47-27-12-8-10-21-41;1-17(2,11-7-9-13)15-19(5,6)16-18(3,4)12-8-10-14;2-1(3)4;;;;/h34-35,44-45H,7-33,40-43H2,1-6H3,(H,46,50)(H,47,51);7-14H2,1-6H3;(H4,2,3,4);4*1H4. The number of urea groups is 1. The topological polar surface area (TPSA) is 379 Å². The van der Waals surface area contributed by atoms with E-state index in [4.69, 9.17) is 55.7 Å². The van der Waals surface area contributed by atoms with Crippen LogP contribution in [0.5, 0.6) is 0 Å². The van der Waals surface area contributed by atoms with Gasteiger partial charge in [0.2, 0.25) is 11.8 Å². The Bertz CT molecular complexity index is 1590. The summed E-state index contributed by atoms with van der Waals surface area (Å²) in [5.74, 6) is -0.542. The van der Waals surface area contributed by atoms with E-state index in [2.05, 4.69) is 111 Å². The van der Waals surface area contributed by atoms with Crippen molar-refractivity contribution in [1.29, 1.82) is 0 Å². The zero-order valence-electron chi connectivity index (χ0n) is 52.3. The summed E-state index contributed by atoms with van der Waals surface area (Å²) in [7, 11) is -12.4. The molecule has 0 aliphatic rings. The van der Waals surface area contributed by atoms with E-state index in [1.165, 1.54) is 0 Å². The van der Waals surface area contributed by atoms with Crippen molar-refractivity contribution in [1.82, 2.24) is 21.3 Å². The van der Waals surface area contributed by atoms with Crippen LogP contribution in [-0.4, -0.2) is 158 Å². The van der Waals surface area contributed by atoms with Crippen molar-refractivity contribution in [3.05, 3.63) is 0 Å². The average molecular weight is 1290 g/mol. The number of hydrogen-bond donors (Lipinski definition) is 12. The molecule has 2 atom stereocenters. The first-order chi connectivity index (χ1) is 36.8. The van der Waals surface area contributed by atoms with E-state index < -0.39 is 56.4 Å². The molecule has 83 heavy (non-hydrogen) atoms. The van der Waals surface area contributed by atoms with Gasteiger partial charge in [-0.3, -0.25) is 19.2 Å². The quantitative estimate of drug-likeness (QED) is 0.0203. The van der Waals surface area contributed by atoms with Gasteiger partial charge in [0.15, 0.2) is 33.3 Å². The Labute approximate surface area is 516 Å². The molecular weight excluding hydrogens is 1150 g/mol. The lowest BCUT2D eigenvalue weighted by molar-refractivity contribution is -0.129. The highest BCUT2D eigenvalue weighted by molar-refractivity contribution is 6.88. The van der Waals surface area contributed by atoms with E-state index >= 15 is 0 Å². The number of amides is 4. The SMILES string of the molecule is C.C.C.C.C[Si](C)(CCCC(CC(=O)NCCCCCN)C(=O)CCCNCCN)O[Si](C)(C)O[Si](C)(C)CCC(CC(=O)NCCCCCN)C(=O)CCCNCCN.C[Si](C)(CCCN)O[Si](C)(C)O[Si](C)(C)CCCN.NC(N)=O. The second-order valence-electron chi connectivity index (χ2n) is 24.3. The van der Waals surface area contributed by atoms with Crippen molar-refractivity contribution in [2.45, 2.75) is 242 Å². The Kier molecular flexibility index (Phi) is 62.4. The van der Waals surface area contributed by atoms with Crippen LogP contribution >= 0.6 is 0 Å². The molecular formula is C56H140N12O9Si6. The van der Waals surface area contributed by atoms with Gasteiger partial charge in [-0.25, -0.2) is 4.79 Å². The minimum Gasteiger partial charge on any atom is -0.437 e. The summed E-state index contributed by atoms with van der Waals surface area (Å²) in [5.41, 5.74) is 42.0. The second kappa shape index (κ2) is 54.5. The van der Waals surface area contributed by atoms with E-state index in [0.717, 1.165) is 121 Å². The predicted molar refractivity (Wildman–Crippen MR) is 371 cm³/mol. The van der Waals surface area contributed by atoms with Crippen molar-refractivity contribution < 1.29 is 40.4 Å². The summed E-state index contributed by atoms with van der Waals surface area (Å²) in [6, 6.07) is 3.01. The van der Waals surface area contributed by atoms with Gasteiger partial charge in [0.25, 0.3) is 0 Å². The first kappa shape index (κ1) is 95.0. The minimum absolute atomic E-state index is 0. The molecule has 27 heteroatoms. The number of ketones is 2. The molecule has 2 unspecified atom stereocenters. The van der Waals surface area contributed by atoms with Crippen molar-refractivity contribution in [2.24, 2.45) is 57.7 Å². The molecule has 0 aromatic heterocycles. The summed E-state index contributed by atoms with van der Waals surface area (Å²) in [6.45, 7) is 34.4. The fourth-order valence-corrected chi connectivity index (χ4v) is 37.8. The third kappa shape index (κ3) is 61.8. The Hall–Kier alpha value is -1.63. The fraction of sp³-hybridized carbons (Fsp3) is 0.911. The number of primary amides is 2. The molecule has 4 amide bonds. The maximum atomic E-state index is 13.4. The van der Waals surface area contributed by atoms with Gasteiger partial charge in [-0.1, -0.05) is 49.0 Å². The molecule has 21 nitrogen and oxygen atoms in total. The molecule has 0 saturated heterocycles. The number of unbranched alkanes of at least 4 members (excludes halogenated alkanes) is 4. The maximum Gasteiger partial charge on any atom is 0.311 e. The molecule has 0 bridgehead atoms. The van der Waals surface area contributed by atoms with Crippen molar-refractivity contribution in [3.8, 4) is 0 Å². The van der Waals surface area contributed by atoms with Crippen LogP contribution in [0, 0.1) is 11.8 Å². The summed E-state index contributed by atoms with van der Waals surface area (Å²) in [4.78, 5) is 61.5. The van der Waals surface area contributed by atoms with Gasteiger partial charge in [-0.05, 0) is 206 Å². The molecule has 0 aromatic rings. The summed E-state index contributed by atoms with van der Waals surface area (Å²) >= 11 is 0. The zero-order valence-corrected chi connectivity index (χ0v) is 58.3. The molecule has 20 N–H and O–H groups in total. The highest BCUT2D eigenvalue weighted by atomic mass is 28.5. The van der Waals surface area contributed by atoms with Gasteiger partial charge in [-0.2, -0.15) is 0 Å². The first-order valence-electron chi connectivity index (χ1n) is 29.8. The molecule has 0 aromatic carbocycles. The maximum absolute atomic E-state index is 13.4. The molecule has 0 aliphatic carbocycles. The Balaban J connectivity index is -0.000000358. The number of nitrogens with two attached hydrogens (primary N) is 8. The Morgan fingerprint density at radius 3 is 0.976 bits per heavy atom. The van der Waals surface area contributed by atoms with E-state index in [1.54, 1.807) is 0 Å². The average Bonchev–Trinajstić information content (AvgIpc) is 3.31. The van der Waals surface area contributed by atoms with Gasteiger partial charge in [0, 0.05) is 76.8 Å². The normalized spacial score (nSPS) is 12.5. The van der Waals surface area contributed by atoms with Crippen LogP contribution in [0.15, 0.2) is 0 Å². The number of hydrogen-bond acceptors (Lipinski definition) is 17. The minimum atomic E-state index is -2.57. The number of carbonyl (C=O) groups is 5. The Morgan fingerprint density at radius 2 is 0.663 bits per heavy atom. The summed E-state index contributed by atoms with van der Waals surface area (Å²) in [6.07, 6.45) is 12.5. The van der Waals surface area contributed by atoms with Crippen molar-refractivity contribution in [3.63, 3.8) is 0 Å². The lowest BCUT2D eigenvalue weighted by Gasteiger charge is -2.39. The van der Waals surface area contributed by atoms with Crippen LogP contribution in [0.1, 0.15) is 139 Å². The lowest BCUT2D eigenvalue weighted by Crippen LogP contribution is -2.52. The molecule has 0 spiro atoms. The summed E-state index contributed by atoms with van der Waals surface area (Å²) < 4.78 is 26.7. The van der Waals surface area contributed by atoms with Gasteiger partial charge in [-0.15, -0.1) is 0 Å². The third-order valence-corrected chi connectivity index (χ3v) is 35.7. The van der Waals surface area contributed by atoms with Gasteiger partial charge >= 0.3 is 23.2 Å². The lowest BCUT2D eigenvalue weighted by atomic mass is 9.92. The molecule has 0 aliphatic heterocycles. The fourth-order valence-electron chi connectivity index (χ4n) is 9.59. The van der Waals surface area contributed by atoms with Crippen LogP contribution in [0.25, 0.3) is 0 Å². The van der Waals surface area contributed by atoms with Crippen molar-refractivity contribution in [2.75, 3.05) is 78.5 Å². The van der Waals surface area contributed by atoms with E-state index in [9.17, 15) is 19.2 Å². The zero-order chi connectivity index (χ0) is 61.0. The highest BCUT2D eigenvalue weighted by Gasteiger charge is 2.41. The third-order valence-electron chi connectivity index (χ3n) is 12.9. The molecule has 0 saturated carbocycles. The van der Waals surface area contributed by atoms with Crippen LogP contribution < -0.4 is 67.1 Å². The number of nitrogens with one attached hydrogen (secondary N) is 4.